The molecule has 8 aliphatic rings. The SMILES string of the molecule is CNC12CC(NC(=O)C3CCc4c(O)c5c(c(O)c4C3)C(=O)c3cccc(OC)c3C5=O)(C1)C2.COC1CN(C2CCOC(C)C2O)CCO1.O=C(CCN1C(=O)C=CC1=O)NCO.[NH-]CC(=O)NCC=O.[W]. The van der Waals surface area contributed by atoms with Crippen LogP contribution in [0, 0.1) is 5.92 Å². The monoisotopic (exact) mass is 1190 g/mol. The average Bonchev–Trinajstić information content (AvgIpc) is 3.69. The molecule has 9 N–H and O–H groups in total. The average molecular weight is 1190 g/mol. The fourth-order valence-electron chi connectivity index (χ4n) is 10.3. The number of ketones is 2. The van der Waals surface area contributed by atoms with Gasteiger partial charge in [0.2, 0.25) is 17.6 Å². The van der Waals surface area contributed by atoms with Gasteiger partial charge in [0, 0.05) is 113 Å². The van der Waals surface area contributed by atoms with Gasteiger partial charge in [-0.25, -0.2) is 0 Å². The van der Waals surface area contributed by atoms with Crippen molar-refractivity contribution >= 4 is 47.4 Å². The predicted octanol–water partition coefficient (Wildman–Crippen LogP) is -0.454. The fourth-order valence-corrected chi connectivity index (χ4v) is 10.3. The molecule has 10 rings (SSSR count). The molecule has 0 radical (unpaired) electrons. The first kappa shape index (κ1) is 58.4. The number of hydrogen-bond donors (Lipinski definition) is 8. The van der Waals surface area contributed by atoms with Crippen molar-refractivity contribution < 1.29 is 98.8 Å². The van der Waals surface area contributed by atoms with Crippen LogP contribution in [0.15, 0.2) is 30.4 Å². The van der Waals surface area contributed by atoms with Gasteiger partial charge in [-0.2, -0.15) is 0 Å². The van der Waals surface area contributed by atoms with Crippen molar-refractivity contribution in [2.24, 2.45) is 5.92 Å². The summed E-state index contributed by atoms with van der Waals surface area (Å²) < 4.78 is 21.3. The summed E-state index contributed by atoms with van der Waals surface area (Å²) in [6.45, 7) is 4.18. The van der Waals surface area contributed by atoms with Gasteiger partial charge in [0.1, 0.15) is 30.3 Å². The molecule has 3 aliphatic heterocycles. The van der Waals surface area contributed by atoms with Crippen LogP contribution in [0.2, 0.25) is 0 Å². The van der Waals surface area contributed by atoms with Crippen LogP contribution in [-0.4, -0.2) is 187 Å². The second kappa shape index (κ2) is 25.6. The van der Waals surface area contributed by atoms with E-state index < -0.39 is 48.0 Å². The van der Waals surface area contributed by atoms with Gasteiger partial charge in [-0.05, 0) is 65.0 Å². The zero-order chi connectivity index (χ0) is 52.5. The number of morpholine rings is 1. The molecule has 5 unspecified atom stereocenters. The summed E-state index contributed by atoms with van der Waals surface area (Å²) in [6, 6.07) is 4.87. The molecule has 23 nitrogen and oxygen atoms in total. The molecule has 3 saturated carbocycles. The van der Waals surface area contributed by atoms with Gasteiger partial charge in [0.05, 0.1) is 49.2 Å². The van der Waals surface area contributed by atoms with Crippen LogP contribution < -0.4 is 26.0 Å². The molecule has 0 spiro atoms. The van der Waals surface area contributed by atoms with E-state index in [0.717, 1.165) is 62.4 Å². The molecule has 0 aromatic heterocycles. The number of methoxy groups -OCH3 is 2. The van der Waals surface area contributed by atoms with Crippen molar-refractivity contribution in [1.82, 2.24) is 31.1 Å². The molecule has 73 heavy (non-hydrogen) atoms. The van der Waals surface area contributed by atoms with Crippen molar-refractivity contribution in [1.29, 1.82) is 0 Å². The van der Waals surface area contributed by atoms with Crippen molar-refractivity contribution in [3.63, 3.8) is 0 Å². The summed E-state index contributed by atoms with van der Waals surface area (Å²) in [5.74, 6) is -3.55. The minimum atomic E-state index is -0.556. The number of fused-ring (bicyclic) bond motifs is 3. The first-order chi connectivity index (χ1) is 34.4. The topological polar surface area (TPSA) is 333 Å². The van der Waals surface area contributed by atoms with Crippen LogP contribution in [0.25, 0.3) is 5.73 Å². The molecule has 2 bridgehead atoms. The third-order valence-electron chi connectivity index (χ3n) is 14.1. The van der Waals surface area contributed by atoms with E-state index in [9.17, 15) is 53.7 Å². The number of phenolic OH excluding ortho intramolecular Hbond substituents is 2. The molecule has 398 valence electrons. The molecule has 5 atom stereocenters. The zero-order valence-corrected chi connectivity index (χ0v) is 44.1. The van der Waals surface area contributed by atoms with Gasteiger partial charge < -0.3 is 71.2 Å². The van der Waals surface area contributed by atoms with E-state index >= 15 is 0 Å². The number of hydrogen-bond acceptors (Lipinski definition) is 18. The number of aliphatic hydroxyl groups is 2. The molecule has 24 heteroatoms. The largest absolute Gasteiger partial charge is 0.670 e. The van der Waals surface area contributed by atoms with Gasteiger partial charge in [-0.3, -0.25) is 43.4 Å². The van der Waals surface area contributed by atoms with E-state index in [1.54, 1.807) is 19.2 Å². The van der Waals surface area contributed by atoms with Crippen LogP contribution >= 0.6 is 0 Å². The first-order valence-electron chi connectivity index (χ1n) is 23.7. The number of nitrogens with one attached hydrogen (secondary N) is 5. The van der Waals surface area contributed by atoms with E-state index in [4.69, 9.17) is 29.8 Å². The molecule has 2 aromatic carbocycles. The van der Waals surface area contributed by atoms with E-state index in [0.29, 0.717) is 36.9 Å². The number of carbonyl (C=O) groups excluding carboxylic acids is 8. The molecule has 3 heterocycles. The zero-order valence-electron chi connectivity index (χ0n) is 41.2. The van der Waals surface area contributed by atoms with E-state index in [1.807, 2.05) is 14.0 Å². The summed E-state index contributed by atoms with van der Waals surface area (Å²) in [4.78, 5) is 95.5. The minimum Gasteiger partial charge on any atom is -0.670 e. The Morgan fingerprint density at radius 2 is 1.58 bits per heavy atom. The third-order valence-corrected chi connectivity index (χ3v) is 14.1. The maximum atomic E-state index is 13.3. The normalized spacial score (nSPS) is 26.1. The Kier molecular flexibility index (Phi) is 20.5. The number of aliphatic hydroxyl groups excluding tert-OH is 2. The summed E-state index contributed by atoms with van der Waals surface area (Å²) in [5.41, 5.74) is 7.12. The molecule has 2 aromatic rings. The fraction of sp³-hybridized carbons (Fsp3) is 0.551. The standard InChI is InChI=1S/C26H26N2O6.C11H21NO4.C8H10N2O4.C4H7N2O2.W/c1-27-25-9-26(10-25,11-25)28-24(33)12-6-7-13-15(8-12)22(31)18-19(20(13)29)23(32)17-14(21(18)30)4-3-5-16(17)34-2;1-8-11(13)9(3-5-15-8)12-4-6-16-10(7-12)14-2;11-5-9-6(12)3-4-10-7(13)1-2-8(10)14;5-3-4(8)6-1-2-7;/h3-5,12,27,29,31H,6-11H2,1-2H3,(H,28,33);8-11,13H,3-7H2,1-2H3;1-2,11H,3-5H2,(H,9,12);2,5H,1,3H2,(H,6,8);/q;;;-1;. The Balaban J connectivity index is 0.000000211. The van der Waals surface area contributed by atoms with Crippen LogP contribution in [0.5, 0.6) is 17.2 Å². The summed E-state index contributed by atoms with van der Waals surface area (Å²) >= 11 is 0. The number of carbonyl (C=O) groups is 8. The second-order valence-electron chi connectivity index (χ2n) is 18.5. The Labute approximate surface area is 436 Å². The van der Waals surface area contributed by atoms with Crippen LogP contribution in [0.4, 0.5) is 0 Å². The summed E-state index contributed by atoms with van der Waals surface area (Å²) in [7, 11) is 5.00. The number of imide groups is 1. The van der Waals surface area contributed by atoms with Crippen molar-refractivity contribution in [2.75, 3.05) is 73.9 Å². The number of ether oxygens (including phenoxy) is 4. The number of aldehydes is 1. The number of nitrogens with zero attached hydrogens (tertiary/aromatic N) is 2. The quantitative estimate of drug-likeness (QED) is 0.0465. The summed E-state index contributed by atoms with van der Waals surface area (Å²) in [6.07, 6.45) is 6.89. The van der Waals surface area contributed by atoms with Crippen LogP contribution in [0.1, 0.15) is 88.4 Å². The van der Waals surface area contributed by atoms with Gasteiger partial charge in [-0.1, -0.05) is 18.7 Å². The summed E-state index contributed by atoms with van der Waals surface area (Å²) in [5, 5.41) is 51.5. The van der Waals surface area contributed by atoms with Crippen molar-refractivity contribution in [3.05, 3.63) is 69.5 Å². The maximum Gasteiger partial charge on any atom is 0.253 e. The molecule has 5 aliphatic carbocycles. The number of benzene rings is 2. The van der Waals surface area contributed by atoms with Crippen LogP contribution in [-0.2, 0) is 76.9 Å². The maximum absolute atomic E-state index is 13.3. The van der Waals surface area contributed by atoms with Gasteiger partial charge in [0.25, 0.3) is 11.8 Å². The molecular weight excluding hydrogens is 1130 g/mol. The van der Waals surface area contributed by atoms with Gasteiger partial charge >= 0.3 is 0 Å². The number of aromatic hydroxyl groups is 2. The smallest absolute Gasteiger partial charge is 0.253 e. The Hall–Kier alpha value is -5.49. The molecule has 5 amide bonds. The third kappa shape index (κ3) is 12.9. The Morgan fingerprint density at radius 1 is 0.904 bits per heavy atom. The van der Waals surface area contributed by atoms with Gasteiger partial charge in [-0.15, -0.1) is 0 Å². The number of rotatable bonds is 13. The second-order valence-corrected chi connectivity index (χ2v) is 18.5. The number of amides is 5. The van der Waals surface area contributed by atoms with Gasteiger partial charge in [0.15, 0.2) is 18.0 Å². The Morgan fingerprint density at radius 3 is 2.19 bits per heavy atom. The van der Waals surface area contributed by atoms with Crippen molar-refractivity contribution in [3.8, 4) is 17.2 Å². The minimum absolute atomic E-state index is 0. The predicted molar refractivity (Wildman–Crippen MR) is 254 cm³/mol. The van der Waals surface area contributed by atoms with E-state index in [-0.39, 0.29) is 134 Å². The van der Waals surface area contributed by atoms with Crippen molar-refractivity contribution in [2.45, 2.75) is 93.9 Å². The molecule has 5 fully saturated rings. The van der Waals surface area contributed by atoms with E-state index in [2.05, 4.69) is 26.2 Å². The first-order valence-corrected chi connectivity index (χ1v) is 23.7. The number of phenols is 2. The molecular formula is C49H64N7O16W-. The van der Waals surface area contributed by atoms with Crippen LogP contribution in [0.3, 0.4) is 0 Å². The Bertz CT molecular complexity index is 2420. The molecule has 2 saturated heterocycles. The van der Waals surface area contributed by atoms with E-state index in [1.165, 1.54) is 13.2 Å².